The summed E-state index contributed by atoms with van der Waals surface area (Å²) in [6.45, 7) is 19.4. The van der Waals surface area contributed by atoms with Crippen LogP contribution in [0.4, 0.5) is 4.79 Å². The summed E-state index contributed by atoms with van der Waals surface area (Å²) in [5, 5.41) is 27.8. The summed E-state index contributed by atoms with van der Waals surface area (Å²) in [5.41, 5.74) is -0.709. The van der Waals surface area contributed by atoms with E-state index in [4.69, 9.17) is 4.74 Å². The summed E-state index contributed by atoms with van der Waals surface area (Å²) in [4.78, 5) is 10.4. The first-order chi connectivity index (χ1) is 11.0. The van der Waals surface area contributed by atoms with Crippen LogP contribution in [0.3, 0.4) is 0 Å². The average Bonchev–Trinajstić information content (AvgIpc) is 2.37. The molecule has 0 rings (SSSR count). The van der Waals surface area contributed by atoms with Crippen molar-refractivity contribution in [2.24, 2.45) is 26.4 Å². The Bertz CT molecular complexity index is 491. The standard InChI is InChI=1S/C17H34N4O3S/c1-11(2)12(25-17(9,10)21-20-16(6,7)8)13(24-14(22)23)18-19-15(3,4)5/h11-13H,1-10H3,(H,22,23)/p-1. The minimum absolute atomic E-state index is 0.0809. The second kappa shape index (κ2) is 8.96. The molecule has 0 aliphatic heterocycles. The smallest absolute Gasteiger partial charge is 0.253 e. The number of carbonyl (C=O) groups is 1. The molecular weight excluding hydrogens is 340 g/mol. The Balaban J connectivity index is 5.52. The van der Waals surface area contributed by atoms with Crippen molar-refractivity contribution < 1.29 is 14.6 Å². The van der Waals surface area contributed by atoms with Gasteiger partial charge in [0.15, 0.2) is 6.23 Å². The molecule has 146 valence electrons. The van der Waals surface area contributed by atoms with E-state index < -0.39 is 22.8 Å². The first-order valence-electron chi connectivity index (χ1n) is 8.44. The third-order valence-electron chi connectivity index (χ3n) is 2.64. The van der Waals surface area contributed by atoms with Crippen LogP contribution < -0.4 is 5.11 Å². The van der Waals surface area contributed by atoms with Crippen LogP contribution in [0.25, 0.3) is 0 Å². The van der Waals surface area contributed by atoms with Gasteiger partial charge in [0.2, 0.25) is 0 Å². The molecular formula is C17H33N4O3S-. The summed E-state index contributed by atoms with van der Waals surface area (Å²) in [7, 11) is 0. The third kappa shape index (κ3) is 11.9. The number of azo groups is 2. The molecule has 0 N–H and O–H groups in total. The van der Waals surface area contributed by atoms with E-state index in [-0.39, 0.29) is 16.7 Å². The van der Waals surface area contributed by atoms with Crippen LogP contribution in [0.2, 0.25) is 0 Å². The van der Waals surface area contributed by atoms with Crippen molar-refractivity contribution in [2.45, 2.75) is 96.7 Å². The summed E-state index contributed by atoms with van der Waals surface area (Å²) in [5.74, 6) is 0.0809. The highest BCUT2D eigenvalue weighted by Crippen LogP contribution is 2.37. The fourth-order valence-corrected chi connectivity index (χ4v) is 2.89. The zero-order chi connectivity index (χ0) is 20.1. The van der Waals surface area contributed by atoms with Crippen LogP contribution in [-0.4, -0.2) is 33.6 Å². The van der Waals surface area contributed by atoms with Gasteiger partial charge >= 0.3 is 0 Å². The molecule has 2 unspecified atom stereocenters. The van der Waals surface area contributed by atoms with Crippen LogP contribution >= 0.6 is 11.8 Å². The van der Waals surface area contributed by atoms with Crippen LogP contribution in [0, 0.1) is 5.92 Å². The van der Waals surface area contributed by atoms with Crippen molar-refractivity contribution in [3.63, 3.8) is 0 Å². The van der Waals surface area contributed by atoms with Gasteiger partial charge in [0.25, 0.3) is 6.16 Å². The highest BCUT2D eigenvalue weighted by Gasteiger charge is 2.32. The van der Waals surface area contributed by atoms with E-state index in [2.05, 4.69) is 20.5 Å². The normalized spacial score (nSPS) is 16.6. The molecule has 0 fully saturated rings. The Morgan fingerprint density at radius 3 is 1.76 bits per heavy atom. The van der Waals surface area contributed by atoms with E-state index in [9.17, 15) is 9.90 Å². The number of rotatable bonds is 7. The minimum Gasteiger partial charge on any atom is -0.522 e. The van der Waals surface area contributed by atoms with Crippen molar-refractivity contribution in [3.8, 4) is 0 Å². The zero-order valence-corrected chi connectivity index (χ0v) is 18.0. The molecule has 0 saturated heterocycles. The van der Waals surface area contributed by atoms with Gasteiger partial charge in [-0.1, -0.05) is 13.8 Å². The predicted octanol–water partition coefficient (Wildman–Crippen LogP) is 4.67. The second-order valence-corrected chi connectivity index (χ2v) is 10.6. The minimum atomic E-state index is -1.61. The fraction of sp³-hybridized carbons (Fsp3) is 0.941. The van der Waals surface area contributed by atoms with Gasteiger partial charge in [-0.15, -0.1) is 11.8 Å². The fourth-order valence-electron chi connectivity index (χ4n) is 1.64. The molecule has 0 heterocycles. The maximum Gasteiger partial charge on any atom is 0.253 e. The number of carbonyl (C=O) groups excluding carboxylic acids is 1. The molecule has 0 amide bonds. The van der Waals surface area contributed by atoms with Crippen molar-refractivity contribution in [1.29, 1.82) is 0 Å². The number of hydrogen-bond donors (Lipinski definition) is 0. The summed E-state index contributed by atoms with van der Waals surface area (Å²) < 4.78 is 4.91. The van der Waals surface area contributed by atoms with E-state index in [0.717, 1.165) is 0 Å². The molecule has 0 saturated carbocycles. The van der Waals surface area contributed by atoms with E-state index in [1.54, 1.807) is 0 Å². The molecule has 2 atom stereocenters. The molecule has 25 heavy (non-hydrogen) atoms. The Kier molecular flexibility index (Phi) is 8.54. The lowest BCUT2D eigenvalue weighted by Gasteiger charge is -2.33. The molecule has 0 aromatic carbocycles. The largest absolute Gasteiger partial charge is 0.522 e. The molecule has 0 aromatic heterocycles. The summed E-state index contributed by atoms with van der Waals surface area (Å²) in [6.07, 6.45) is -2.57. The Morgan fingerprint density at radius 1 is 0.920 bits per heavy atom. The van der Waals surface area contributed by atoms with Gasteiger partial charge < -0.3 is 14.6 Å². The van der Waals surface area contributed by atoms with E-state index >= 15 is 0 Å². The topological polar surface area (TPSA) is 98.8 Å². The highest BCUT2D eigenvalue weighted by molar-refractivity contribution is 8.01. The highest BCUT2D eigenvalue weighted by atomic mass is 32.2. The molecule has 0 aliphatic rings. The van der Waals surface area contributed by atoms with Crippen molar-refractivity contribution in [1.82, 2.24) is 0 Å². The van der Waals surface area contributed by atoms with E-state index in [1.807, 2.05) is 69.2 Å². The summed E-state index contributed by atoms with van der Waals surface area (Å²) in [6, 6.07) is 0. The number of nitrogens with zero attached hydrogens (tertiary/aromatic N) is 4. The van der Waals surface area contributed by atoms with Gasteiger partial charge in [-0.05, 0) is 61.3 Å². The SMILES string of the molecule is CC(C)C(SC(C)(C)N=NC(C)(C)C)C(N=NC(C)(C)C)OC(=O)[O-]. The van der Waals surface area contributed by atoms with Crippen molar-refractivity contribution in [2.75, 3.05) is 0 Å². The molecule has 0 spiro atoms. The molecule has 0 aliphatic carbocycles. The van der Waals surface area contributed by atoms with Crippen LogP contribution in [0.5, 0.6) is 0 Å². The lowest BCUT2D eigenvalue weighted by Crippen LogP contribution is -2.38. The zero-order valence-electron chi connectivity index (χ0n) is 17.2. The first-order valence-corrected chi connectivity index (χ1v) is 9.32. The first kappa shape index (κ1) is 23.8. The van der Waals surface area contributed by atoms with Gasteiger partial charge in [-0.25, -0.2) is 0 Å². The van der Waals surface area contributed by atoms with E-state index in [0.29, 0.717) is 0 Å². The Morgan fingerprint density at radius 2 is 1.40 bits per heavy atom. The van der Waals surface area contributed by atoms with Crippen LogP contribution in [-0.2, 0) is 4.74 Å². The Hall–Kier alpha value is -1.18. The maximum atomic E-state index is 11.0. The van der Waals surface area contributed by atoms with Gasteiger partial charge in [-0.3, -0.25) is 0 Å². The van der Waals surface area contributed by atoms with Gasteiger partial charge in [-0.2, -0.15) is 20.5 Å². The Labute approximate surface area is 156 Å². The predicted molar refractivity (Wildman–Crippen MR) is 99.8 cm³/mol. The van der Waals surface area contributed by atoms with Crippen LogP contribution in [0.15, 0.2) is 20.5 Å². The van der Waals surface area contributed by atoms with Gasteiger partial charge in [0.1, 0.15) is 4.87 Å². The third-order valence-corrected chi connectivity index (χ3v) is 4.35. The molecule has 0 bridgehead atoms. The molecule has 7 nitrogen and oxygen atoms in total. The van der Waals surface area contributed by atoms with Gasteiger partial charge in [0, 0.05) is 0 Å². The number of thioether (sulfide) groups is 1. The molecule has 8 heteroatoms. The van der Waals surface area contributed by atoms with E-state index in [1.165, 1.54) is 11.8 Å². The van der Waals surface area contributed by atoms with Crippen molar-refractivity contribution >= 4 is 17.9 Å². The molecule has 0 aromatic rings. The monoisotopic (exact) mass is 373 g/mol. The lowest BCUT2D eigenvalue weighted by molar-refractivity contribution is -0.287. The van der Waals surface area contributed by atoms with Gasteiger partial charge in [0.05, 0.1) is 16.3 Å². The maximum absolute atomic E-state index is 11.0. The number of carboxylic acid groups (broad SMARTS) is 1. The molecule has 0 radical (unpaired) electrons. The van der Waals surface area contributed by atoms with Crippen molar-refractivity contribution in [3.05, 3.63) is 0 Å². The quantitative estimate of drug-likeness (QED) is 0.478. The summed E-state index contributed by atoms with van der Waals surface area (Å²) >= 11 is 1.47. The number of hydrogen-bond acceptors (Lipinski definition) is 8. The second-order valence-electron chi connectivity index (χ2n) is 8.79. The van der Waals surface area contributed by atoms with Crippen LogP contribution in [0.1, 0.15) is 69.2 Å². The average molecular weight is 374 g/mol. The lowest BCUT2D eigenvalue weighted by atomic mass is 10.1. The number of ether oxygens (including phenoxy) is 1.